The van der Waals surface area contributed by atoms with Crippen molar-refractivity contribution in [3.05, 3.63) is 35.9 Å². The van der Waals surface area contributed by atoms with Gasteiger partial charge < -0.3 is 15.4 Å². The van der Waals surface area contributed by atoms with Gasteiger partial charge in [-0.3, -0.25) is 19.3 Å². The number of urea groups is 1. The Bertz CT molecular complexity index is 821. The van der Waals surface area contributed by atoms with Crippen molar-refractivity contribution in [2.24, 2.45) is 5.92 Å². The summed E-state index contributed by atoms with van der Waals surface area (Å²) in [6.45, 7) is 5.20. The van der Waals surface area contributed by atoms with E-state index in [2.05, 4.69) is 10.6 Å². The van der Waals surface area contributed by atoms with Gasteiger partial charge in [0.05, 0.1) is 0 Å². The van der Waals surface area contributed by atoms with E-state index in [0.29, 0.717) is 17.9 Å². The quantitative estimate of drug-likeness (QED) is 0.476. The molecule has 0 spiro atoms. The molecule has 1 aromatic carbocycles. The van der Waals surface area contributed by atoms with Gasteiger partial charge in [0.15, 0.2) is 0 Å². The van der Waals surface area contributed by atoms with Gasteiger partial charge in [-0.2, -0.15) is 0 Å². The van der Waals surface area contributed by atoms with Crippen LogP contribution in [-0.4, -0.2) is 46.8 Å². The summed E-state index contributed by atoms with van der Waals surface area (Å²) in [7, 11) is 0. The number of imide groups is 1. The zero-order valence-corrected chi connectivity index (χ0v) is 17.6. The van der Waals surface area contributed by atoms with Crippen LogP contribution in [0.2, 0.25) is 0 Å². The van der Waals surface area contributed by atoms with Gasteiger partial charge in [-0.05, 0) is 38.5 Å². The maximum atomic E-state index is 12.8. The van der Waals surface area contributed by atoms with Crippen molar-refractivity contribution in [3.8, 4) is 0 Å². The number of ether oxygens (including phenoxy) is 1. The van der Waals surface area contributed by atoms with Crippen LogP contribution in [0.25, 0.3) is 0 Å². The standard InChI is InChI=1S/C22H29N3O5/c1-14(2)11-12-22(3)20(28)25(21(29)24-22)13-17(26)30-18(15-7-5-4-6-8-15)19(27)23-16-9-10-16/h4-8,14,16,18H,9-13H2,1-3H3,(H,23,27)(H,24,29)/t18-,22-/m0/s1. The Morgan fingerprint density at radius 3 is 2.50 bits per heavy atom. The van der Waals surface area contributed by atoms with E-state index in [1.165, 1.54) is 0 Å². The van der Waals surface area contributed by atoms with Gasteiger partial charge >= 0.3 is 12.0 Å². The lowest BCUT2D eigenvalue weighted by Crippen LogP contribution is -2.44. The van der Waals surface area contributed by atoms with Crippen LogP contribution < -0.4 is 10.6 Å². The third-order valence-electron chi connectivity index (χ3n) is 5.37. The summed E-state index contributed by atoms with van der Waals surface area (Å²) in [6.07, 6.45) is 1.92. The lowest BCUT2D eigenvalue weighted by Gasteiger charge is -2.23. The molecule has 30 heavy (non-hydrogen) atoms. The first-order valence-electron chi connectivity index (χ1n) is 10.4. The van der Waals surface area contributed by atoms with Crippen molar-refractivity contribution < 1.29 is 23.9 Å². The zero-order chi connectivity index (χ0) is 21.9. The molecule has 1 aliphatic heterocycles. The van der Waals surface area contributed by atoms with Crippen LogP contribution in [0.4, 0.5) is 4.79 Å². The van der Waals surface area contributed by atoms with Crippen molar-refractivity contribution in [2.45, 2.75) is 64.1 Å². The number of hydrogen-bond acceptors (Lipinski definition) is 5. The van der Waals surface area contributed by atoms with E-state index >= 15 is 0 Å². The van der Waals surface area contributed by atoms with Crippen LogP contribution in [0.1, 0.15) is 58.1 Å². The van der Waals surface area contributed by atoms with Gasteiger partial charge in [0, 0.05) is 11.6 Å². The molecule has 1 saturated heterocycles. The highest BCUT2D eigenvalue weighted by atomic mass is 16.5. The molecule has 1 aromatic rings. The van der Waals surface area contributed by atoms with Crippen molar-refractivity contribution in [1.82, 2.24) is 15.5 Å². The zero-order valence-electron chi connectivity index (χ0n) is 17.6. The second kappa shape index (κ2) is 8.85. The minimum atomic E-state index is -1.13. The first kappa shape index (κ1) is 21.8. The highest BCUT2D eigenvalue weighted by molar-refractivity contribution is 6.08. The molecule has 0 aromatic heterocycles. The minimum absolute atomic E-state index is 0.106. The molecule has 0 radical (unpaired) electrons. The molecule has 3 rings (SSSR count). The van der Waals surface area contributed by atoms with Gasteiger partial charge in [-0.1, -0.05) is 44.2 Å². The molecule has 0 bridgehead atoms. The van der Waals surface area contributed by atoms with Crippen LogP contribution in [0, 0.1) is 5.92 Å². The Hall–Kier alpha value is -2.90. The third kappa shape index (κ3) is 5.17. The highest BCUT2D eigenvalue weighted by Crippen LogP contribution is 2.26. The van der Waals surface area contributed by atoms with Crippen molar-refractivity contribution in [1.29, 1.82) is 0 Å². The Balaban J connectivity index is 1.66. The molecule has 8 nitrogen and oxygen atoms in total. The Morgan fingerprint density at radius 1 is 1.23 bits per heavy atom. The van der Waals surface area contributed by atoms with Crippen molar-refractivity contribution in [2.75, 3.05) is 6.54 Å². The SMILES string of the molecule is CC(C)CC[C@]1(C)NC(=O)N(CC(=O)O[C@H](C(=O)NC2CC2)c2ccccc2)C1=O. The first-order chi connectivity index (χ1) is 14.2. The molecule has 2 N–H and O–H groups in total. The van der Waals surface area contributed by atoms with Gasteiger partial charge in [0.25, 0.3) is 11.8 Å². The Labute approximate surface area is 176 Å². The molecule has 1 saturated carbocycles. The number of nitrogens with zero attached hydrogens (tertiary/aromatic N) is 1. The van der Waals surface area contributed by atoms with Crippen LogP contribution in [0.3, 0.4) is 0 Å². The van der Waals surface area contributed by atoms with Crippen LogP contribution in [0.15, 0.2) is 30.3 Å². The number of nitrogens with one attached hydrogen (secondary N) is 2. The predicted octanol–water partition coefficient (Wildman–Crippen LogP) is 2.30. The third-order valence-corrected chi connectivity index (χ3v) is 5.37. The number of rotatable bonds is 9. The van der Waals surface area contributed by atoms with E-state index in [1.54, 1.807) is 37.3 Å². The average molecular weight is 415 g/mol. The molecule has 1 heterocycles. The van der Waals surface area contributed by atoms with E-state index < -0.39 is 42.0 Å². The van der Waals surface area contributed by atoms with E-state index in [1.807, 2.05) is 13.8 Å². The molecule has 2 fully saturated rings. The largest absolute Gasteiger partial charge is 0.446 e. The van der Waals surface area contributed by atoms with Crippen LogP contribution >= 0.6 is 0 Å². The topological polar surface area (TPSA) is 105 Å². The number of benzene rings is 1. The summed E-state index contributed by atoms with van der Waals surface area (Å²) >= 11 is 0. The maximum absolute atomic E-state index is 12.8. The van der Waals surface area contributed by atoms with Crippen molar-refractivity contribution >= 4 is 23.8 Å². The lowest BCUT2D eigenvalue weighted by molar-refractivity contribution is -0.158. The molecule has 1 aliphatic carbocycles. The predicted molar refractivity (Wildman–Crippen MR) is 109 cm³/mol. The fraction of sp³-hybridized carbons (Fsp3) is 0.545. The first-order valence-corrected chi connectivity index (χ1v) is 10.4. The number of amides is 4. The summed E-state index contributed by atoms with van der Waals surface area (Å²) < 4.78 is 5.43. The Kier molecular flexibility index (Phi) is 6.43. The van der Waals surface area contributed by atoms with Crippen LogP contribution in [-0.2, 0) is 19.1 Å². The number of carbonyl (C=O) groups excluding carboxylic acids is 4. The fourth-order valence-corrected chi connectivity index (χ4v) is 3.34. The van der Waals surface area contributed by atoms with Gasteiger partial charge in [0.2, 0.25) is 6.10 Å². The number of hydrogen-bond donors (Lipinski definition) is 2. The fourth-order valence-electron chi connectivity index (χ4n) is 3.34. The molecule has 2 aliphatic rings. The molecule has 162 valence electrons. The summed E-state index contributed by atoms with van der Waals surface area (Å²) in [6, 6.07) is 8.17. The molecular formula is C22H29N3O5. The molecular weight excluding hydrogens is 386 g/mol. The number of carbonyl (C=O) groups is 4. The lowest BCUT2D eigenvalue weighted by atomic mass is 9.92. The van der Waals surface area contributed by atoms with Gasteiger partial charge in [0.1, 0.15) is 12.1 Å². The van der Waals surface area contributed by atoms with E-state index in [4.69, 9.17) is 4.74 Å². The molecule has 8 heteroatoms. The molecule has 4 amide bonds. The molecule has 2 atom stereocenters. The van der Waals surface area contributed by atoms with Crippen LogP contribution in [0.5, 0.6) is 0 Å². The Morgan fingerprint density at radius 2 is 1.90 bits per heavy atom. The highest BCUT2D eigenvalue weighted by Gasteiger charge is 2.48. The van der Waals surface area contributed by atoms with Gasteiger partial charge in [-0.25, -0.2) is 4.79 Å². The van der Waals surface area contributed by atoms with E-state index in [0.717, 1.165) is 24.2 Å². The normalized spacial score (nSPS) is 22.1. The maximum Gasteiger partial charge on any atom is 0.327 e. The second-order valence-corrected chi connectivity index (χ2v) is 8.65. The smallest absolute Gasteiger partial charge is 0.327 e. The summed E-state index contributed by atoms with van der Waals surface area (Å²) in [5.74, 6) is -1.30. The summed E-state index contributed by atoms with van der Waals surface area (Å²) in [4.78, 5) is 51.2. The minimum Gasteiger partial charge on any atom is -0.446 e. The molecule has 0 unspecified atom stereocenters. The second-order valence-electron chi connectivity index (χ2n) is 8.65. The van der Waals surface area contributed by atoms with E-state index in [-0.39, 0.29) is 6.04 Å². The summed E-state index contributed by atoms with van der Waals surface area (Å²) in [5, 5.41) is 5.52. The van der Waals surface area contributed by atoms with E-state index in [9.17, 15) is 19.2 Å². The van der Waals surface area contributed by atoms with Gasteiger partial charge in [-0.15, -0.1) is 0 Å². The monoisotopic (exact) mass is 415 g/mol. The number of esters is 1. The van der Waals surface area contributed by atoms with Crippen molar-refractivity contribution in [3.63, 3.8) is 0 Å². The average Bonchev–Trinajstić information content (AvgIpc) is 3.49. The summed E-state index contributed by atoms with van der Waals surface area (Å²) in [5.41, 5.74) is -0.507.